The molecule has 1 atom stereocenters. The van der Waals surface area contributed by atoms with Gasteiger partial charge in [0.2, 0.25) is 0 Å². The van der Waals surface area contributed by atoms with Gasteiger partial charge in [0.15, 0.2) is 0 Å². The zero-order valence-electron chi connectivity index (χ0n) is 12.9. The lowest BCUT2D eigenvalue weighted by atomic mass is 9.74. The van der Waals surface area contributed by atoms with Gasteiger partial charge in [-0.25, -0.2) is 4.79 Å². The molecule has 5 nitrogen and oxygen atoms in total. The molecule has 1 aliphatic heterocycles. The highest BCUT2D eigenvalue weighted by atomic mass is 16.6. The van der Waals surface area contributed by atoms with Crippen LogP contribution in [0.3, 0.4) is 0 Å². The molecular formula is C15H28N2O3. The van der Waals surface area contributed by atoms with E-state index >= 15 is 0 Å². The molecule has 0 aromatic heterocycles. The Morgan fingerprint density at radius 1 is 1.20 bits per heavy atom. The molecule has 116 valence electrons. The third-order valence-corrected chi connectivity index (χ3v) is 4.55. The summed E-state index contributed by atoms with van der Waals surface area (Å²) in [5, 5.41) is 11.0. The molecule has 5 heteroatoms. The Hall–Kier alpha value is -0.810. The van der Waals surface area contributed by atoms with E-state index in [1.54, 1.807) is 4.90 Å². The molecule has 0 aromatic carbocycles. The Bertz CT molecular complexity index is 372. The number of likely N-dealkylation sites (tertiary alicyclic amines) is 1. The maximum absolute atomic E-state index is 12.2. The standard InChI is InChI=1S/C15H28N2O3/c1-13(2,3)20-12(18)17-10-6-9-15(19,11-17)14(16)7-4-5-8-14/h19H,4-11,16H2,1-3H3. The number of ether oxygens (including phenoxy) is 1. The lowest BCUT2D eigenvalue weighted by molar-refractivity contribution is -0.0872. The third kappa shape index (κ3) is 3.09. The summed E-state index contributed by atoms with van der Waals surface area (Å²) in [6.45, 7) is 6.47. The van der Waals surface area contributed by atoms with E-state index in [1.807, 2.05) is 20.8 Å². The molecule has 20 heavy (non-hydrogen) atoms. The van der Waals surface area contributed by atoms with Gasteiger partial charge in [0.25, 0.3) is 0 Å². The third-order valence-electron chi connectivity index (χ3n) is 4.55. The molecule has 2 rings (SSSR count). The molecule has 1 heterocycles. The zero-order valence-corrected chi connectivity index (χ0v) is 12.9. The van der Waals surface area contributed by atoms with E-state index in [2.05, 4.69) is 0 Å². The number of amides is 1. The van der Waals surface area contributed by atoms with Gasteiger partial charge in [0.1, 0.15) is 11.2 Å². The topological polar surface area (TPSA) is 75.8 Å². The van der Waals surface area contributed by atoms with Crippen LogP contribution >= 0.6 is 0 Å². The van der Waals surface area contributed by atoms with Crippen molar-refractivity contribution >= 4 is 6.09 Å². The van der Waals surface area contributed by atoms with Crippen molar-refractivity contribution in [3.05, 3.63) is 0 Å². The SMILES string of the molecule is CC(C)(C)OC(=O)N1CCCC(O)(C2(N)CCCC2)C1. The smallest absolute Gasteiger partial charge is 0.410 e. The van der Waals surface area contributed by atoms with Crippen LogP contribution in [0, 0.1) is 0 Å². The van der Waals surface area contributed by atoms with Gasteiger partial charge < -0.3 is 20.5 Å². The second kappa shape index (κ2) is 5.19. The highest BCUT2D eigenvalue weighted by Crippen LogP contribution is 2.41. The van der Waals surface area contributed by atoms with Crippen LogP contribution in [-0.4, -0.2) is 45.9 Å². The van der Waals surface area contributed by atoms with E-state index in [4.69, 9.17) is 10.5 Å². The minimum absolute atomic E-state index is 0.290. The first-order valence-corrected chi connectivity index (χ1v) is 7.64. The van der Waals surface area contributed by atoms with Gasteiger partial charge in [-0.2, -0.15) is 0 Å². The molecular weight excluding hydrogens is 256 g/mol. The normalized spacial score (nSPS) is 30.4. The van der Waals surface area contributed by atoms with Crippen molar-refractivity contribution < 1.29 is 14.6 Å². The summed E-state index contributed by atoms with van der Waals surface area (Å²) in [5.74, 6) is 0. The Morgan fingerprint density at radius 2 is 1.80 bits per heavy atom. The fourth-order valence-corrected chi connectivity index (χ4v) is 3.40. The Balaban J connectivity index is 2.06. The quantitative estimate of drug-likeness (QED) is 0.772. The van der Waals surface area contributed by atoms with E-state index in [9.17, 15) is 9.90 Å². The van der Waals surface area contributed by atoms with Crippen molar-refractivity contribution in [2.45, 2.75) is 76.0 Å². The van der Waals surface area contributed by atoms with Gasteiger partial charge in [0, 0.05) is 12.1 Å². The van der Waals surface area contributed by atoms with Crippen LogP contribution < -0.4 is 5.73 Å². The number of hydrogen-bond donors (Lipinski definition) is 2. The number of nitrogens with zero attached hydrogens (tertiary/aromatic N) is 1. The number of carbonyl (C=O) groups excluding carboxylic acids is 1. The van der Waals surface area contributed by atoms with Crippen molar-refractivity contribution in [3.8, 4) is 0 Å². The van der Waals surface area contributed by atoms with Crippen LogP contribution in [0.4, 0.5) is 4.79 Å². The van der Waals surface area contributed by atoms with Crippen molar-refractivity contribution in [2.24, 2.45) is 5.73 Å². The maximum Gasteiger partial charge on any atom is 0.410 e. The van der Waals surface area contributed by atoms with E-state index < -0.39 is 16.7 Å². The largest absolute Gasteiger partial charge is 0.444 e. The molecule has 2 aliphatic rings. The number of carbonyl (C=O) groups is 1. The van der Waals surface area contributed by atoms with Gasteiger partial charge in [-0.3, -0.25) is 0 Å². The summed E-state index contributed by atoms with van der Waals surface area (Å²) in [6, 6.07) is 0. The maximum atomic E-state index is 12.2. The second-order valence-electron chi connectivity index (χ2n) is 7.40. The van der Waals surface area contributed by atoms with Gasteiger partial charge in [0.05, 0.1) is 6.54 Å². The fraction of sp³-hybridized carbons (Fsp3) is 0.933. The molecule has 1 aliphatic carbocycles. The number of nitrogens with two attached hydrogens (primary N) is 1. The summed E-state index contributed by atoms with van der Waals surface area (Å²) in [7, 11) is 0. The predicted octanol–water partition coefficient (Wildman–Crippen LogP) is 2.02. The Morgan fingerprint density at radius 3 is 2.35 bits per heavy atom. The number of β-amino-alcohol motifs (C(OH)–C–C–N with tert-alkyl or cyclic N) is 1. The summed E-state index contributed by atoms with van der Waals surface area (Å²) in [4.78, 5) is 13.8. The van der Waals surface area contributed by atoms with Crippen LogP contribution in [0.15, 0.2) is 0 Å². The molecule has 3 N–H and O–H groups in total. The highest BCUT2D eigenvalue weighted by molar-refractivity contribution is 5.68. The van der Waals surface area contributed by atoms with E-state index in [-0.39, 0.29) is 6.09 Å². The Labute approximate surface area is 121 Å². The lowest BCUT2D eigenvalue weighted by Gasteiger charge is -2.48. The van der Waals surface area contributed by atoms with Gasteiger partial charge >= 0.3 is 6.09 Å². The monoisotopic (exact) mass is 284 g/mol. The molecule has 0 radical (unpaired) electrons. The van der Waals surface area contributed by atoms with Crippen LogP contribution in [-0.2, 0) is 4.74 Å². The van der Waals surface area contributed by atoms with E-state index in [0.29, 0.717) is 19.5 Å². The van der Waals surface area contributed by atoms with Gasteiger partial charge in [-0.05, 0) is 46.5 Å². The zero-order chi connectivity index (χ0) is 15.0. The number of rotatable bonds is 1. The summed E-state index contributed by atoms with van der Waals surface area (Å²) in [6.07, 6.45) is 4.89. The molecule has 1 saturated heterocycles. The first kappa shape index (κ1) is 15.6. The fourth-order valence-electron chi connectivity index (χ4n) is 3.40. The van der Waals surface area contributed by atoms with E-state index in [1.165, 1.54) is 0 Å². The molecule has 2 fully saturated rings. The lowest BCUT2D eigenvalue weighted by Crippen LogP contribution is -2.66. The molecule has 0 aromatic rings. The van der Waals surface area contributed by atoms with Crippen LogP contribution in [0.25, 0.3) is 0 Å². The average Bonchev–Trinajstić information content (AvgIpc) is 2.76. The average molecular weight is 284 g/mol. The second-order valence-corrected chi connectivity index (χ2v) is 7.40. The molecule has 0 bridgehead atoms. The summed E-state index contributed by atoms with van der Waals surface area (Å²) < 4.78 is 5.40. The first-order valence-electron chi connectivity index (χ1n) is 7.64. The summed E-state index contributed by atoms with van der Waals surface area (Å²) in [5.41, 5.74) is 4.39. The molecule has 1 amide bonds. The van der Waals surface area contributed by atoms with Crippen LogP contribution in [0.2, 0.25) is 0 Å². The number of hydrogen-bond acceptors (Lipinski definition) is 4. The molecule has 1 unspecified atom stereocenters. The van der Waals surface area contributed by atoms with Crippen LogP contribution in [0.1, 0.15) is 59.3 Å². The highest BCUT2D eigenvalue weighted by Gasteiger charge is 2.51. The van der Waals surface area contributed by atoms with Crippen molar-refractivity contribution in [1.82, 2.24) is 4.90 Å². The van der Waals surface area contributed by atoms with Crippen molar-refractivity contribution in [1.29, 1.82) is 0 Å². The number of piperidine rings is 1. The predicted molar refractivity (Wildman–Crippen MR) is 77.4 cm³/mol. The molecule has 0 spiro atoms. The van der Waals surface area contributed by atoms with E-state index in [0.717, 1.165) is 32.1 Å². The van der Waals surface area contributed by atoms with Gasteiger partial charge in [-0.15, -0.1) is 0 Å². The van der Waals surface area contributed by atoms with Crippen molar-refractivity contribution in [2.75, 3.05) is 13.1 Å². The molecule has 1 saturated carbocycles. The number of aliphatic hydroxyl groups is 1. The Kier molecular flexibility index (Phi) is 4.04. The minimum Gasteiger partial charge on any atom is -0.444 e. The van der Waals surface area contributed by atoms with Crippen molar-refractivity contribution in [3.63, 3.8) is 0 Å². The minimum atomic E-state index is -0.974. The summed E-state index contributed by atoms with van der Waals surface area (Å²) >= 11 is 0. The van der Waals surface area contributed by atoms with Gasteiger partial charge in [-0.1, -0.05) is 12.8 Å². The van der Waals surface area contributed by atoms with Crippen LogP contribution in [0.5, 0.6) is 0 Å². The first-order chi connectivity index (χ1) is 9.15.